The number of hydrazine groups is 1. The highest BCUT2D eigenvalue weighted by Crippen LogP contribution is 2.33. The molecule has 1 aliphatic heterocycles. The van der Waals surface area contributed by atoms with E-state index in [9.17, 15) is 4.79 Å². The first kappa shape index (κ1) is 21.0. The molecule has 2 heterocycles. The lowest BCUT2D eigenvalue weighted by Gasteiger charge is -2.14. The molecule has 2 atom stereocenters. The summed E-state index contributed by atoms with van der Waals surface area (Å²) in [4.78, 5) is 12.8. The Labute approximate surface area is 181 Å². The molecular weight excluding hydrogens is 396 g/mol. The van der Waals surface area contributed by atoms with Crippen molar-refractivity contribution in [3.63, 3.8) is 0 Å². The van der Waals surface area contributed by atoms with Gasteiger partial charge >= 0.3 is 0 Å². The number of hydrogen-bond donors (Lipinski definition) is 3. The number of ether oxygens (including phenoxy) is 3. The predicted octanol–water partition coefficient (Wildman–Crippen LogP) is 2.98. The van der Waals surface area contributed by atoms with Crippen molar-refractivity contribution in [3.05, 3.63) is 53.7 Å². The molecule has 1 aromatic heterocycles. The van der Waals surface area contributed by atoms with Crippen molar-refractivity contribution in [2.45, 2.75) is 32.1 Å². The number of nitrogens with zero attached hydrogens (tertiary/aromatic N) is 1. The van der Waals surface area contributed by atoms with Crippen LogP contribution in [0.15, 0.2) is 42.5 Å². The number of methoxy groups -OCH3 is 3. The van der Waals surface area contributed by atoms with Gasteiger partial charge in [-0.2, -0.15) is 0 Å². The third-order valence-corrected chi connectivity index (χ3v) is 5.65. The molecule has 1 aliphatic rings. The highest BCUT2D eigenvalue weighted by Gasteiger charge is 2.29. The van der Waals surface area contributed by atoms with Gasteiger partial charge in [0.2, 0.25) is 0 Å². The Balaban J connectivity index is 1.52. The van der Waals surface area contributed by atoms with E-state index in [2.05, 4.69) is 39.8 Å². The molecule has 1 fully saturated rings. The molecule has 0 saturated carbocycles. The second-order valence-electron chi connectivity index (χ2n) is 7.41. The first-order chi connectivity index (χ1) is 15.1. The fourth-order valence-corrected chi connectivity index (χ4v) is 4.12. The fourth-order valence-electron chi connectivity index (χ4n) is 4.12. The summed E-state index contributed by atoms with van der Waals surface area (Å²) in [5.74, 6) is 1.80. The average molecular weight is 425 g/mol. The number of aromatic nitrogens is 1. The van der Waals surface area contributed by atoms with Crippen molar-refractivity contribution >= 4 is 16.8 Å². The zero-order valence-corrected chi connectivity index (χ0v) is 18.2. The molecule has 8 nitrogen and oxygen atoms in total. The first-order valence-electron chi connectivity index (χ1n) is 10.3. The molecule has 3 N–H and O–H groups in total. The van der Waals surface area contributed by atoms with Gasteiger partial charge in [-0.25, -0.2) is 10.9 Å². The zero-order valence-electron chi connectivity index (χ0n) is 18.2. The predicted molar refractivity (Wildman–Crippen MR) is 119 cm³/mol. The van der Waals surface area contributed by atoms with Gasteiger partial charge in [0, 0.05) is 35.7 Å². The maximum atomic E-state index is 12.8. The molecule has 0 aliphatic carbocycles. The normalized spacial score (nSPS) is 18.2. The van der Waals surface area contributed by atoms with E-state index in [1.165, 1.54) is 0 Å². The van der Waals surface area contributed by atoms with Crippen LogP contribution in [0.25, 0.3) is 10.9 Å². The monoisotopic (exact) mass is 424 g/mol. The summed E-state index contributed by atoms with van der Waals surface area (Å²) in [6.45, 7) is 2.96. The molecule has 1 amide bonds. The summed E-state index contributed by atoms with van der Waals surface area (Å²) in [7, 11) is 4.81. The summed E-state index contributed by atoms with van der Waals surface area (Å²) in [5, 5.41) is 4.12. The Morgan fingerprint density at radius 1 is 1.06 bits per heavy atom. The summed E-state index contributed by atoms with van der Waals surface area (Å²) in [6, 6.07) is 13.4. The minimum atomic E-state index is -0.222. The molecule has 2 unspecified atom stereocenters. The van der Waals surface area contributed by atoms with E-state index in [1.54, 1.807) is 39.5 Å². The molecule has 0 bridgehead atoms. The minimum Gasteiger partial charge on any atom is -0.497 e. The minimum absolute atomic E-state index is 0.0437. The van der Waals surface area contributed by atoms with E-state index in [0.29, 0.717) is 23.5 Å². The van der Waals surface area contributed by atoms with Crippen LogP contribution in [0.3, 0.4) is 0 Å². The maximum Gasteiger partial charge on any atom is 0.252 e. The standard InChI is InChI=1S/C23H28N4O4/c1-5-27-19-7-6-8-21(31-4)17(19)12-20(27)18-13-22(26-25-18)24-23(28)14-9-15(29-2)11-16(10-14)30-3/h6-12,18,22,25-26H,5,13H2,1-4H3,(H,24,28). The number of carbonyl (C=O) groups excluding carboxylic acids is 1. The molecule has 0 radical (unpaired) electrons. The van der Waals surface area contributed by atoms with Crippen molar-refractivity contribution in [3.8, 4) is 17.2 Å². The Hall–Kier alpha value is -3.23. The number of benzene rings is 2. The summed E-state index contributed by atoms with van der Waals surface area (Å²) in [6.07, 6.45) is 0.478. The van der Waals surface area contributed by atoms with E-state index < -0.39 is 0 Å². The third-order valence-electron chi connectivity index (χ3n) is 5.65. The van der Waals surface area contributed by atoms with E-state index in [4.69, 9.17) is 14.2 Å². The number of nitrogens with one attached hydrogen (secondary N) is 3. The molecule has 4 rings (SSSR count). The largest absolute Gasteiger partial charge is 0.497 e. The van der Waals surface area contributed by atoms with Gasteiger partial charge < -0.3 is 24.1 Å². The van der Waals surface area contributed by atoms with E-state index in [1.807, 2.05) is 12.1 Å². The van der Waals surface area contributed by atoms with Crippen LogP contribution in [0.1, 0.15) is 35.4 Å². The molecule has 1 saturated heterocycles. The Morgan fingerprint density at radius 2 is 1.81 bits per heavy atom. The molecular formula is C23H28N4O4. The second-order valence-corrected chi connectivity index (χ2v) is 7.41. The molecule has 8 heteroatoms. The van der Waals surface area contributed by atoms with Crippen LogP contribution < -0.4 is 30.4 Å². The number of rotatable bonds is 7. The highest BCUT2D eigenvalue weighted by molar-refractivity contribution is 5.95. The van der Waals surface area contributed by atoms with Crippen LogP contribution in [-0.4, -0.2) is 38.0 Å². The highest BCUT2D eigenvalue weighted by atomic mass is 16.5. The second kappa shape index (κ2) is 8.87. The van der Waals surface area contributed by atoms with Crippen molar-refractivity contribution in [1.29, 1.82) is 0 Å². The summed E-state index contributed by atoms with van der Waals surface area (Å²) >= 11 is 0. The number of aryl methyl sites for hydroxylation is 1. The summed E-state index contributed by atoms with van der Waals surface area (Å²) in [5.41, 5.74) is 9.28. The van der Waals surface area contributed by atoms with Crippen molar-refractivity contribution in [2.24, 2.45) is 0 Å². The fraction of sp³-hybridized carbons (Fsp3) is 0.348. The van der Waals surface area contributed by atoms with Crippen molar-refractivity contribution < 1.29 is 19.0 Å². The number of fused-ring (bicyclic) bond motifs is 1. The van der Waals surface area contributed by atoms with Crippen LogP contribution in [0.4, 0.5) is 0 Å². The van der Waals surface area contributed by atoms with Crippen LogP contribution in [0.5, 0.6) is 17.2 Å². The van der Waals surface area contributed by atoms with Crippen LogP contribution in [0, 0.1) is 0 Å². The maximum absolute atomic E-state index is 12.8. The van der Waals surface area contributed by atoms with Gasteiger partial charge in [0.25, 0.3) is 5.91 Å². The number of hydrogen-bond acceptors (Lipinski definition) is 6. The molecule has 164 valence electrons. The van der Waals surface area contributed by atoms with Crippen molar-refractivity contribution in [1.82, 2.24) is 20.7 Å². The van der Waals surface area contributed by atoms with Crippen LogP contribution in [0.2, 0.25) is 0 Å². The van der Waals surface area contributed by atoms with E-state index >= 15 is 0 Å². The van der Waals surface area contributed by atoms with Crippen LogP contribution >= 0.6 is 0 Å². The SMILES string of the molecule is CCn1c(C2CC(NC(=O)c3cc(OC)cc(OC)c3)NN2)cc2c(OC)cccc21. The lowest BCUT2D eigenvalue weighted by molar-refractivity contribution is 0.0931. The lowest BCUT2D eigenvalue weighted by Crippen LogP contribution is -2.44. The van der Waals surface area contributed by atoms with Gasteiger partial charge in [0.15, 0.2) is 0 Å². The quantitative estimate of drug-likeness (QED) is 0.541. The Bertz CT molecular complexity index is 1070. The van der Waals surface area contributed by atoms with Gasteiger partial charge in [0.05, 0.1) is 39.1 Å². The van der Waals surface area contributed by atoms with Gasteiger partial charge in [-0.3, -0.25) is 4.79 Å². The van der Waals surface area contributed by atoms with Crippen molar-refractivity contribution in [2.75, 3.05) is 21.3 Å². The van der Waals surface area contributed by atoms with Gasteiger partial charge in [-0.15, -0.1) is 0 Å². The lowest BCUT2D eigenvalue weighted by atomic mass is 10.1. The van der Waals surface area contributed by atoms with Gasteiger partial charge in [-0.1, -0.05) is 6.07 Å². The number of carbonyl (C=O) groups is 1. The van der Waals surface area contributed by atoms with Crippen LogP contribution in [-0.2, 0) is 6.54 Å². The molecule has 2 aromatic carbocycles. The van der Waals surface area contributed by atoms with E-state index in [0.717, 1.165) is 28.9 Å². The summed E-state index contributed by atoms with van der Waals surface area (Å²) < 4.78 is 18.3. The van der Waals surface area contributed by atoms with Gasteiger partial charge in [0.1, 0.15) is 17.2 Å². The van der Waals surface area contributed by atoms with E-state index in [-0.39, 0.29) is 18.1 Å². The van der Waals surface area contributed by atoms with Gasteiger partial charge in [-0.05, 0) is 37.3 Å². The first-order valence-corrected chi connectivity index (χ1v) is 10.3. The Kier molecular flexibility index (Phi) is 6.01. The molecule has 3 aromatic rings. The Morgan fingerprint density at radius 3 is 2.45 bits per heavy atom. The molecule has 0 spiro atoms. The third kappa shape index (κ3) is 4.04. The zero-order chi connectivity index (χ0) is 22.0. The average Bonchev–Trinajstić information content (AvgIpc) is 3.42. The topological polar surface area (TPSA) is 85.8 Å². The smallest absolute Gasteiger partial charge is 0.252 e. The number of amides is 1. The molecule has 31 heavy (non-hydrogen) atoms.